The molecule has 0 aromatic carbocycles. The minimum atomic E-state index is -3.55. The van der Waals surface area contributed by atoms with Gasteiger partial charge in [-0.05, 0) is 20.8 Å². The first-order valence-electron chi connectivity index (χ1n) is 6.63. The van der Waals surface area contributed by atoms with Gasteiger partial charge in [0.2, 0.25) is 0 Å². The molecule has 8 heteroatoms. The molecule has 114 valence electrons. The summed E-state index contributed by atoms with van der Waals surface area (Å²) in [4.78, 5) is 4.19. The molecule has 1 saturated heterocycles. The monoisotopic (exact) mass is 365 g/mol. The van der Waals surface area contributed by atoms with Gasteiger partial charge in [-0.3, -0.25) is 0 Å². The lowest BCUT2D eigenvalue weighted by atomic mass is 10.3. The van der Waals surface area contributed by atoms with Gasteiger partial charge >= 0.3 is 0 Å². The van der Waals surface area contributed by atoms with Crippen molar-refractivity contribution in [2.45, 2.75) is 44.5 Å². The van der Waals surface area contributed by atoms with Gasteiger partial charge < -0.3 is 9.30 Å². The molecule has 2 heterocycles. The predicted octanol–water partition coefficient (Wildman–Crippen LogP) is 1.38. The molecule has 1 aromatic heterocycles. The second-order valence-corrected chi connectivity index (χ2v) is 7.49. The van der Waals surface area contributed by atoms with Gasteiger partial charge in [0.05, 0.1) is 12.2 Å². The van der Waals surface area contributed by atoms with E-state index in [-0.39, 0.29) is 17.2 Å². The Morgan fingerprint density at radius 2 is 2.20 bits per heavy atom. The van der Waals surface area contributed by atoms with Gasteiger partial charge in [0, 0.05) is 31.2 Å². The number of ether oxygens (including phenoxy) is 1. The van der Waals surface area contributed by atoms with Gasteiger partial charge in [0.1, 0.15) is 5.82 Å². The van der Waals surface area contributed by atoms with Crippen molar-refractivity contribution in [3.05, 3.63) is 12.0 Å². The second kappa shape index (κ2) is 6.13. The summed E-state index contributed by atoms with van der Waals surface area (Å²) in [6, 6.07) is 0. The van der Waals surface area contributed by atoms with Crippen LogP contribution in [0.15, 0.2) is 11.2 Å². The van der Waals surface area contributed by atoms with Crippen LogP contribution in [0, 0.1) is 6.92 Å². The first kappa shape index (κ1) is 15.9. The number of hydrogen-bond donors (Lipinski definition) is 0. The summed E-state index contributed by atoms with van der Waals surface area (Å²) in [6.45, 7) is 7.08. The smallest absolute Gasteiger partial charge is 0.262 e. The molecule has 0 spiro atoms. The Hall–Kier alpha value is -0.440. The standard InChI is InChI=1S/C12H20BrN3O3S/c1-4-15-8-12(14-10(15)3)20(17,18)16-6-9(2)19-11(5-13)7-16/h8-9,11H,4-7H2,1-3H3. The molecule has 0 saturated carbocycles. The minimum absolute atomic E-state index is 0.115. The number of aromatic nitrogens is 2. The van der Waals surface area contributed by atoms with Crippen LogP contribution in [-0.4, -0.2) is 52.9 Å². The van der Waals surface area contributed by atoms with E-state index in [1.807, 2.05) is 25.3 Å². The Balaban J connectivity index is 2.29. The van der Waals surface area contributed by atoms with E-state index in [1.165, 1.54) is 4.31 Å². The van der Waals surface area contributed by atoms with Crippen molar-refractivity contribution < 1.29 is 13.2 Å². The normalized spacial score (nSPS) is 25.0. The maximum Gasteiger partial charge on any atom is 0.262 e. The van der Waals surface area contributed by atoms with Gasteiger partial charge in [-0.25, -0.2) is 13.4 Å². The highest BCUT2D eigenvalue weighted by Crippen LogP contribution is 2.21. The molecular weight excluding hydrogens is 346 g/mol. The lowest BCUT2D eigenvalue weighted by Gasteiger charge is -2.34. The fourth-order valence-electron chi connectivity index (χ4n) is 2.34. The van der Waals surface area contributed by atoms with Crippen LogP contribution in [0.5, 0.6) is 0 Å². The summed E-state index contributed by atoms with van der Waals surface area (Å²) < 4.78 is 34.3. The molecule has 6 nitrogen and oxygen atoms in total. The number of hydrogen-bond acceptors (Lipinski definition) is 4. The van der Waals surface area contributed by atoms with Crippen LogP contribution in [0.2, 0.25) is 0 Å². The minimum Gasteiger partial charge on any atom is -0.372 e. The van der Waals surface area contributed by atoms with Gasteiger partial charge in [-0.2, -0.15) is 4.31 Å². The third-order valence-corrected chi connectivity index (χ3v) is 5.79. The zero-order valence-corrected chi connectivity index (χ0v) is 14.3. The molecule has 2 atom stereocenters. The molecule has 0 aliphatic carbocycles. The summed E-state index contributed by atoms with van der Waals surface area (Å²) in [5.41, 5.74) is 0. The van der Waals surface area contributed by atoms with Crippen molar-refractivity contribution in [1.82, 2.24) is 13.9 Å². The third-order valence-electron chi connectivity index (χ3n) is 3.36. The topological polar surface area (TPSA) is 64.4 Å². The number of rotatable bonds is 4. The number of nitrogens with zero attached hydrogens (tertiary/aromatic N) is 3. The van der Waals surface area contributed by atoms with Crippen LogP contribution in [0.1, 0.15) is 19.7 Å². The maximum absolute atomic E-state index is 12.7. The van der Waals surface area contributed by atoms with Crippen LogP contribution in [0.4, 0.5) is 0 Å². The third kappa shape index (κ3) is 3.08. The Kier molecular flexibility index (Phi) is 4.88. The van der Waals surface area contributed by atoms with Gasteiger partial charge in [-0.1, -0.05) is 15.9 Å². The van der Waals surface area contributed by atoms with E-state index in [2.05, 4.69) is 20.9 Å². The highest BCUT2D eigenvalue weighted by Gasteiger charge is 2.35. The van der Waals surface area contributed by atoms with Crippen LogP contribution < -0.4 is 0 Å². The molecular formula is C12H20BrN3O3S. The van der Waals surface area contributed by atoms with E-state index in [0.717, 1.165) is 0 Å². The average Bonchev–Trinajstić information content (AvgIpc) is 2.79. The summed E-state index contributed by atoms with van der Waals surface area (Å²) >= 11 is 3.35. The molecule has 20 heavy (non-hydrogen) atoms. The van der Waals surface area contributed by atoms with Crippen LogP contribution >= 0.6 is 15.9 Å². The number of morpholine rings is 1. The molecule has 0 radical (unpaired) electrons. The highest BCUT2D eigenvalue weighted by molar-refractivity contribution is 9.09. The number of alkyl halides is 1. The molecule has 0 N–H and O–H groups in total. The first-order chi connectivity index (χ1) is 9.38. The predicted molar refractivity (Wildman–Crippen MR) is 79.5 cm³/mol. The number of aryl methyl sites for hydroxylation is 2. The van der Waals surface area contributed by atoms with Crippen LogP contribution in [0.3, 0.4) is 0 Å². The van der Waals surface area contributed by atoms with Crippen molar-refractivity contribution in [3.63, 3.8) is 0 Å². The average molecular weight is 366 g/mol. The SMILES string of the molecule is CCn1cc(S(=O)(=O)N2CC(C)OC(CBr)C2)nc1C. The number of halogens is 1. The molecule has 0 amide bonds. The van der Waals surface area contributed by atoms with E-state index < -0.39 is 10.0 Å². The first-order valence-corrected chi connectivity index (χ1v) is 9.20. The van der Waals surface area contributed by atoms with Crippen molar-refractivity contribution in [2.24, 2.45) is 0 Å². The molecule has 0 bridgehead atoms. The van der Waals surface area contributed by atoms with Crippen molar-refractivity contribution in [3.8, 4) is 0 Å². The Morgan fingerprint density at radius 3 is 2.75 bits per heavy atom. The molecule has 1 aliphatic rings. The molecule has 2 unspecified atom stereocenters. The van der Waals surface area contributed by atoms with Gasteiger partial charge in [0.25, 0.3) is 10.0 Å². The molecule has 1 fully saturated rings. The van der Waals surface area contributed by atoms with E-state index in [9.17, 15) is 8.42 Å². The van der Waals surface area contributed by atoms with Crippen LogP contribution in [-0.2, 0) is 21.3 Å². The number of sulfonamides is 1. The molecule has 2 rings (SSSR count). The van der Waals surface area contributed by atoms with E-state index in [4.69, 9.17) is 4.74 Å². The Labute approximate surface area is 128 Å². The van der Waals surface area contributed by atoms with Crippen LogP contribution in [0.25, 0.3) is 0 Å². The zero-order valence-electron chi connectivity index (χ0n) is 11.9. The lowest BCUT2D eigenvalue weighted by molar-refractivity contribution is -0.0411. The van der Waals surface area contributed by atoms with Crippen molar-refractivity contribution in [1.29, 1.82) is 0 Å². The lowest BCUT2D eigenvalue weighted by Crippen LogP contribution is -2.49. The highest BCUT2D eigenvalue weighted by atomic mass is 79.9. The quantitative estimate of drug-likeness (QED) is 0.756. The zero-order chi connectivity index (χ0) is 14.9. The fourth-order valence-corrected chi connectivity index (χ4v) is 4.24. The van der Waals surface area contributed by atoms with E-state index in [1.54, 1.807) is 6.20 Å². The Bertz CT molecular complexity index is 573. The summed E-state index contributed by atoms with van der Waals surface area (Å²) in [7, 11) is -3.55. The fraction of sp³-hybridized carbons (Fsp3) is 0.750. The van der Waals surface area contributed by atoms with Gasteiger partial charge in [0.15, 0.2) is 5.03 Å². The molecule has 1 aromatic rings. The largest absolute Gasteiger partial charge is 0.372 e. The summed E-state index contributed by atoms with van der Waals surface area (Å²) in [5.74, 6) is 0.712. The van der Waals surface area contributed by atoms with Crippen molar-refractivity contribution >= 4 is 26.0 Å². The molecule has 1 aliphatic heterocycles. The van der Waals surface area contributed by atoms with E-state index in [0.29, 0.717) is 30.8 Å². The van der Waals surface area contributed by atoms with Gasteiger partial charge in [-0.15, -0.1) is 0 Å². The summed E-state index contributed by atoms with van der Waals surface area (Å²) in [5, 5.41) is 0.741. The maximum atomic E-state index is 12.7. The summed E-state index contributed by atoms with van der Waals surface area (Å²) in [6.07, 6.45) is 1.37. The van der Waals surface area contributed by atoms with Crippen molar-refractivity contribution in [2.75, 3.05) is 18.4 Å². The van der Waals surface area contributed by atoms with E-state index >= 15 is 0 Å². The Morgan fingerprint density at radius 1 is 1.50 bits per heavy atom. The second-order valence-electron chi connectivity index (χ2n) is 4.96. The number of imidazole rings is 1.